The molecule has 2 aromatic rings. The van der Waals surface area contributed by atoms with Gasteiger partial charge in [0.05, 0.1) is 19.9 Å². The maximum absolute atomic E-state index is 5.42. The lowest BCUT2D eigenvalue weighted by Gasteiger charge is -2.25. The fourth-order valence-electron chi connectivity index (χ4n) is 3.58. The van der Waals surface area contributed by atoms with Gasteiger partial charge in [-0.15, -0.1) is 0 Å². The molecule has 0 amide bonds. The smallest absolute Gasteiger partial charge is 0.122 e. The number of ether oxygens (including phenoxy) is 2. The first-order valence-corrected chi connectivity index (χ1v) is 9.17. The lowest BCUT2D eigenvalue weighted by molar-refractivity contribution is 0.205. The van der Waals surface area contributed by atoms with Gasteiger partial charge in [-0.25, -0.2) is 0 Å². The minimum atomic E-state index is 0.589. The molecule has 0 N–H and O–H groups in total. The van der Waals surface area contributed by atoms with Gasteiger partial charge in [-0.3, -0.25) is 9.58 Å². The molecule has 26 heavy (non-hydrogen) atoms. The Morgan fingerprint density at radius 3 is 2.50 bits per heavy atom. The van der Waals surface area contributed by atoms with Crippen LogP contribution < -0.4 is 9.47 Å². The van der Waals surface area contributed by atoms with Crippen LogP contribution in [0.5, 0.6) is 11.5 Å². The zero-order valence-electron chi connectivity index (χ0n) is 16.3. The van der Waals surface area contributed by atoms with Crippen molar-refractivity contribution < 1.29 is 9.47 Å². The van der Waals surface area contributed by atoms with Crippen LogP contribution in [0.2, 0.25) is 0 Å². The first-order valence-electron chi connectivity index (χ1n) is 9.17. The number of nitrogens with zero attached hydrogens (tertiary/aromatic N) is 4. The third-order valence-electron chi connectivity index (χ3n) is 4.94. The van der Waals surface area contributed by atoms with Crippen molar-refractivity contribution >= 4 is 0 Å². The Kier molecular flexibility index (Phi) is 6.16. The number of hydrogen-bond acceptors (Lipinski definition) is 5. The Morgan fingerprint density at radius 1 is 1.12 bits per heavy atom. The van der Waals surface area contributed by atoms with Crippen LogP contribution in [-0.2, 0) is 19.6 Å². The summed E-state index contributed by atoms with van der Waals surface area (Å²) < 4.78 is 13.0. The molecular weight excluding hydrogens is 328 g/mol. The first kappa shape index (κ1) is 18.7. The Labute approximate surface area is 156 Å². The van der Waals surface area contributed by atoms with Crippen LogP contribution in [0.4, 0.5) is 0 Å². The summed E-state index contributed by atoms with van der Waals surface area (Å²) >= 11 is 0. The molecule has 1 aromatic heterocycles. The van der Waals surface area contributed by atoms with Gasteiger partial charge in [0, 0.05) is 38.4 Å². The molecule has 0 aliphatic carbocycles. The van der Waals surface area contributed by atoms with Crippen molar-refractivity contribution in [2.45, 2.75) is 26.1 Å². The Balaban J connectivity index is 1.77. The van der Waals surface area contributed by atoms with Gasteiger partial charge < -0.3 is 14.4 Å². The lowest BCUT2D eigenvalue weighted by Crippen LogP contribution is -2.29. The maximum Gasteiger partial charge on any atom is 0.122 e. The molecule has 0 fully saturated rings. The Bertz CT molecular complexity index is 691. The second kappa shape index (κ2) is 8.56. The molecule has 1 aliphatic heterocycles. The van der Waals surface area contributed by atoms with Crippen molar-refractivity contribution in [2.75, 3.05) is 41.4 Å². The third kappa shape index (κ3) is 4.77. The molecule has 0 saturated heterocycles. The van der Waals surface area contributed by atoms with Gasteiger partial charge in [0.1, 0.15) is 11.5 Å². The molecule has 0 bridgehead atoms. The molecule has 6 heteroatoms. The van der Waals surface area contributed by atoms with Crippen LogP contribution in [0.3, 0.4) is 0 Å². The molecule has 0 spiro atoms. The third-order valence-corrected chi connectivity index (χ3v) is 4.94. The summed E-state index contributed by atoms with van der Waals surface area (Å²) in [7, 11) is 7.66. The van der Waals surface area contributed by atoms with E-state index in [9.17, 15) is 0 Å². The molecule has 142 valence electrons. The Morgan fingerprint density at radius 2 is 1.85 bits per heavy atom. The van der Waals surface area contributed by atoms with Crippen LogP contribution in [0.15, 0.2) is 30.5 Å². The average Bonchev–Trinajstić information content (AvgIpc) is 2.98. The molecule has 1 aromatic carbocycles. The highest BCUT2D eigenvalue weighted by Gasteiger charge is 2.22. The van der Waals surface area contributed by atoms with E-state index in [1.165, 1.54) is 17.7 Å². The van der Waals surface area contributed by atoms with E-state index >= 15 is 0 Å². The van der Waals surface area contributed by atoms with Crippen molar-refractivity contribution in [1.29, 1.82) is 0 Å². The number of benzene rings is 1. The van der Waals surface area contributed by atoms with Gasteiger partial charge >= 0.3 is 0 Å². The van der Waals surface area contributed by atoms with Crippen molar-refractivity contribution in [3.05, 3.63) is 41.7 Å². The van der Waals surface area contributed by atoms with Crippen molar-refractivity contribution in [1.82, 2.24) is 19.6 Å². The average molecular weight is 358 g/mol. The first-order chi connectivity index (χ1) is 12.6. The van der Waals surface area contributed by atoms with Crippen LogP contribution in [0.25, 0.3) is 0 Å². The molecule has 0 unspecified atom stereocenters. The predicted octanol–water partition coefficient (Wildman–Crippen LogP) is 2.48. The van der Waals surface area contributed by atoms with Gasteiger partial charge in [0.15, 0.2) is 0 Å². The highest BCUT2D eigenvalue weighted by molar-refractivity contribution is 5.38. The molecule has 6 nitrogen and oxygen atoms in total. The molecule has 0 radical (unpaired) electrons. The minimum Gasteiger partial charge on any atom is -0.497 e. The van der Waals surface area contributed by atoms with Crippen molar-refractivity contribution in [3.8, 4) is 11.5 Å². The number of methoxy groups -OCH3 is 2. The highest BCUT2D eigenvalue weighted by Crippen LogP contribution is 2.25. The molecule has 0 saturated carbocycles. The molecule has 1 aliphatic rings. The summed E-state index contributed by atoms with van der Waals surface area (Å²) in [6.07, 6.45) is 3.08. The topological polar surface area (TPSA) is 42.8 Å². The van der Waals surface area contributed by atoms with Gasteiger partial charge in [0.2, 0.25) is 0 Å². The van der Waals surface area contributed by atoms with E-state index < -0.39 is 0 Å². The van der Waals surface area contributed by atoms with Gasteiger partial charge in [-0.1, -0.05) is 0 Å². The van der Waals surface area contributed by atoms with Crippen LogP contribution in [-0.4, -0.2) is 61.0 Å². The second-order valence-electron chi connectivity index (χ2n) is 7.35. The minimum absolute atomic E-state index is 0.589. The SMILES string of the molecule is COc1cc(CN2Cc3ccnn3C[C@H](CCN(C)C)C2)cc(OC)c1. The fourth-order valence-corrected chi connectivity index (χ4v) is 3.58. The van der Waals surface area contributed by atoms with Gasteiger partial charge in [-0.2, -0.15) is 5.10 Å². The van der Waals surface area contributed by atoms with Crippen LogP contribution in [0.1, 0.15) is 17.7 Å². The van der Waals surface area contributed by atoms with Crippen molar-refractivity contribution in [3.63, 3.8) is 0 Å². The largest absolute Gasteiger partial charge is 0.497 e. The highest BCUT2D eigenvalue weighted by atomic mass is 16.5. The standard InChI is InChI=1S/C20H30N4O2/c1-22(2)8-6-16-12-23(15-18-5-7-21-24(18)14-16)13-17-9-19(25-3)11-20(10-17)26-4/h5,7,9-11,16H,6,8,12-15H2,1-4H3/t16-/m1/s1. The summed E-state index contributed by atoms with van der Waals surface area (Å²) in [5.41, 5.74) is 2.49. The number of rotatable bonds is 7. The summed E-state index contributed by atoms with van der Waals surface area (Å²) in [5.74, 6) is 2.26. The summed E-state index contributed by atoms with van der Waals surface area (Å²) in [4.78, 5) is 4.77. The Hall–Kier alpha value is -2.05. The normalized spacial score (nSPS) is 17.8. The second-order valence-corrected chi connectivity index (χ2v) is 7.35. The van der Waals surface area contributed by atoms with E-state index in [0.717, 1.165) is 44.2 Å². The van der Waals surface area contributed by atoms with Gasteiger partial charge in [-0.05, 0) is 56.7 Å². The quantitative estimate of drug-likeness (QED) is 0.761. The predicted molar refractivity (Wildman–Crippen MR) is 103 cm³/mol. The van der Waals surface area contributed by atoms with E-state index in [0.29, 0.717) is 5.92 Å². The van der Waals surface area contributed by atoms with Crippen molar-refractivity contribution in [2.24, 2.45) is 5.92 Å². The van der Waals surface area contributed by atoms with E-state index in [2.05, 4.69) is 51.9 Å². The monoisotopic (exact) mass is 358 g/mol. The molecular formula is C20H30N4O2. The lowest BCUT2D eigenvalue weighted by atomic mass is 10.0. The molecule has 2 heterocycles. The van der Waals surface area contributed by atoms with Gasteiger partial charge in [0.25, 0.3) is 0 Å². The van der Waals surface area contributed by atoms with E-state index in [1.54, 1.807) is 14.2 Å². The zero-order valence-corrected chi connectivity index (χ0v) is 16.3. The van der Waals surface area contributed by atoms with Crippen LogP contribution in [0, 0.1) is 5.92 Å². The zero-order chi connectivity index (χ0) is 18.5. The van der Waals surface area contributed by atoms with E-state index in [4.69, 9.17) is 9.47 Å². The maximum atomic E-state index is 5.42. The fraction of sp³-hybridized carbons (Fsp3) is 0.550. The number of hydrogen-bond donors (Lipinski definition) is 0. The number of aromatic nitrogens is 2. The summed E-state index contributed by atoms with van der Waals surface area (Å²) in [6.45, 7) is 4.95. The molecule has 3 rings (SSSR count). The van der Waals surface area contributed by atoms with E-state index in [-0.39, 0.29) is 0 Å². The van der Waals surface area contributed by atoms with E-state index in [1.807, 2.05) is 12.3 Å². The van der Waals surface area contributed by atoms with Crippen LogP contribution >= 0.6 is 0 Å². The molecule has 1 atom stereocenters. The summed E-state index contributed by atoms with van der Waals surface area (Å²) in [5, 5.41) is 4.53. The number of fused-ring (bicyclic) bond motifs is 1. The summed E-state index contributed by atoms with van der Waals surface area (Å²) in [6, 6.07) is 8.24.